The van der Waals surface area contributed by atoms with Gasteiger partial charge >= 0.3 is 0 Å². The maximum Gasteiger partial charge on any atom is 0.239 e. The van der Waals surface area contributed by atoms with Gasteiger partial charge in [0.2, 0.25) is 5.91 Å². The second-order valence-electron chi connectivity index (χ2n) is 4.93. The van der Waals surface area contributed by atoms with Gasteiger partial charge in [-0.1, -0.05) is 15.9 Å². The fourth-order valence-electron chi connectivity index (χ4n) is 2.07. The molecule has 2 N–H and O–H groups in total. The average molecular weight is 343 g/mol. The maximum atomic E-state index is 11.7. The molecule has 1 heterocycles. The van der Waals surface area contributed by atoms with Crippen molar-refractivity contribution in [3.63, 3.8) is 0 Å². The van der Waals surface area contributed by atoms with Crippen molar-refractivity contribution >= 4 is 21.8 Å². The minimum atomic E-state index is -0.641. The number of nitrogens with zero attached hydrogens (tertiary/aromatic N) is 1. The van der Waals surface area contributed by atoms with E-state index in [1.807, 2.05) is 24.3 Å². The lowest BCUT2D eigenvalue weighted by Crippen LogP contribution is -2.42. The third kappa shape index (κ3) is 4.19. The highest BCUT2D eigenvalue weighted by Gasteiger charge is 2.28. The molecule has 0 spiro atoms. The van der Waals surface area contributed by atoms with E-state index in [0.717, 1.165) is 17.4 Å². The molecule has 2 unspecified atom stereocenters. The summed E-state index contributed by atoms with van der Waals surface area (Å²) in [5.41, 5.74) is 0. The number of amides is 1. The Balaban J connectivity index is 1.69. The Labute approximate surface area is 127 Å². The minimum Gasteiger partial charge on any atom is -0.491 e. The molecule has 6 heteroatoms. The van der Waals surface area contributed by atoms with Crippen molar-refractivity contribution in [1.29, 1.82) is 0 Å². The molecule has 0 saturated carbocycles. The number of halogens is 1. The standard InChI is InChI=1S/C14H19BrN2O3/c1-17-7-6-13(14(17)19)16-8-11(18)9-20-12-4-2-10(15)3-5-12/h2-5,11,13,16,18H,6-9H2,1H3. The normalized spacial score (nSPS) is 20.2. The predicted molar refractivity (Wildman–Crippen MR) is 79.7 cm³/mol. The summed E-state index contributed by atoms with van der Waals surface area (Å²) < 4.78 is 6.46. The zero-order chi connectivity index (χ0) is 14.5. The molecular formula is C14H19BrN2O3. The smallest absolute Gasteiger partial charge is 0.239 e. The van der Waals surface area contributed by atoms with E-state index in [2.05, 4.69) is 21.2 Å². The van der Waals surface area contributed by atoms with Gasteiger partial charge in [-0.25, -0.2) is 0 Å². The summed E-state index contributed by atoms with van der Waals surface area (Å²) in [5, 5.41) is 12.9. The molecular weight excluding hydrogens is 324 g/mol. The van der Waals surface area contributed by atoms with Gasteiger partial charge in [0, 0.05) is 24.6 Å². The topological polar surface area (TPSA) is 61.8 Å². The molecule has 1 aromatic rings. The summed E-state index contributed by atoms with van der Waals surface area (Å²) in [4.78, 5) is 13.4. The van der Waals surface area contributed by atoms with Crippen LogP contribution in [0.4, 0.5) is 0 Å². The summed E-state index contributed by atoms with van der Waals surface area (Å²) in [6.07, 6.45) is 0.146. The summed E-state index contributed by atoms with van der Waals surface area (Å²) in [7, 11) is 1.79. The first-order chi connectivity index (χ1) is 9.56. The van der Waals surface area contributed by atoms with E-state index in [1.165, 1.54) is 0 Å². The first-order valence-corrected chi connectivity index (χ1v) is 7.40. The molecule has 1 aromatic carbocycles. The van der Waals surface area contributed by atoms with E-state index < -0.39 is 6.10 Å². The molecule has 1 saturated heterocycles. The number of ether oxygens (including phenoxy) is 1. The monoisotopic (exact) mass is 342 g/mol. The number of aliphatic hydroxyl groups excluding tert-OH is 1. The Bertz CT molecular complexity index is 452. The van der Waals surface area contributed by atoms with Crippen molar-refractivity contribution in [2.75, 3.05) is 26.7 Å². The first kappa shape index (κ1) is 15.3. The maximum absolute atomic E-state index is 11.7. The second kappa shape index (κ2) is 7.06. The quantitative estimate of drug-likeness (QED) is 0.809. The number of likely N-dealkylation sites (N-methyl/N-ethyl adjacent to an activating group) is 1. The third-order valence-corrected chi connectivity index (χ3v) is 3.81. The van der Waals surface area contributed by atoms with Crippen molar-refractivity contribution in [3.8, 4) is 5.75 Å². The van der Waals surface area contributed by atoms with Crippen LogP contribution in [0.2, 0.25) is 0 Å². The number of carbonyl (C=O) groups is 1. The zero-order valence-electron chi connectivity index (χ0n) is 11.4. The van der Waals surface area contributed by atoms with E-state index in [0.29, 0.717) is 12.3 Å². The third-order valence-electron chi connectivity index (χ3n) is 3.28. The van der Waals surface area contributed by atoms with Crippen molar-refractivity contribution in [2.24, 2.45) is 0 Å². The van der Waals surface area contributed by atoms with Crippen molar-refractivity contribution in [2.45, 2.75) is 18.6 Å². The van der Waals surface area contributed by atoms with Crippen molar-refractivity contribution < 1.29 is 14.6 Å². The van der Waals surface area contributed by atoms with Gasteiger partial charge in [-0.3, -0.25) is 4.79 Å². The molecule has 2 atom stereocenters. The van der Waals surface area contributed by atoms with Gasteiger partial charge in [0.05, 0.1) is 6.04 Å². The fraction of sp³-hybridized carbons (Fsp3) is 0.500. The van der Waals surface area contributed by atoms with Gasteiger partial charge in [0.1, 0.15) is 18.5 Å². The Kier molecular flexibility index (Phi) is 5.39. The van der Waals surface area contributed by atoms with Gasteiger partial charge in [-0.05, 0) is 30.7 Å². The largest absolute Gasteiger partial charge is 0.491 e. The summed E-state index contributed by atoms with van der Waals surface area (Å²) in [6, 6.07) is 7.25. The molecule has 0 aromatic heterocycles. The number of carbonyl (C=O) groups excluding carboxylic acids is 1. The molecule has 0 radical (unpaired) electrons. The van der Waals surface area contributed by atoms with Crippen LogP contribution in [0.15, 0.2) is 28.7 Å². The number of nitrogens with one attached hydrogen (secondary N) is 1. The molecule has 0 bridgehead atoms. The van der Waals surface area contributed by atoms with Crippen LogP contribution in [0, 0.1) is 0 Å². The zero-order valence-corrected chi connectivity index (χ0v) is 13.0. The highest BCUT2D eigenvalue weighted by Crippen LogP contribution is 2.16. The number of hydrogen-bond donors (Lipinski definition) is 2. The Morgan fingerprint density at radius 2 is 2.20 bits per heavy atom. The van der Waals surface area contributed by atoms with Gasteiger partial charge in [0.25, 0.3) is 0 Å². The second-order valence-corrected chi connectivity index (χ2v) is 5.84. The van der Waals surface area contributed by atoms with Crippen LogP contribution in [0.25, 0.3) is 0 Å². The van der Waals surface area contributed by atoms with Crippen LogP contribution in [0.1, 0.15) is 6.42 Å². The average Bonchev–Trinajstić information content (AvgIpc) is 2.76. The van der Waals surface area contributed by atoms with Crippen molar-refractivity contribution in [1.82, 2.24) is 10.2 Å². The summed E-state index contributed by atoms with van der Waals surface area (Å²) >= 11 is 3.35. The van der Waals surface area contributed by atoms with E-state index in [-0.39, 0.29) is 18.6 Å². The number of hydrogen-bond acceptors (Lipinski definition) is 4. The number of aliphatic hydroxyl groups is 1. The van der Waals surface area contributed by atoms with Gasteiger partial charge in [-0.2, -0.15) is 0 Å². The minimum absolute atomic E-state index is 0.0889. The van der Waals surface area contributed by atoms with Gasteiger partial charge in [-0.15, -0.1) is 0 Å². The molecule has 5 nitrogen and oxygen atoms in total. The molecule has 1 fully saturated rings. The van der Waals surface area contributed by atoms with E-state index >= 15 is 0 Å². The SMILES string of the molecule is CN1CCC(NCC(O)COc2ccc(Br)cc2)C1=O. The highest BCUT2D eigenvalue weighted by molar-refractivity contribution is 9.10. The van der Waals surface area contributed by atoms with Crippen LogP contribution >= 0.6 is 15.9 Å². The predicted octanol–water partition coefficient (Wildman–Crippen LogP) is 1.01. The fourth-order valence-corrected chi connectivity index (χ4v) is 2.34. The van der Waals surface area contributed by atoms with Crippen LogP contribution in [0.3, 0.4) is 0 Å². The number of benzene rings is 1. The van der Waals surface area contributed by atoms with Gasteiger partial charge < -0.3 is 20.1 Å². The molecule has 1 aliphatic rings. The molecule has 1 amide bonds. The Hall–Kier alpha value is -1.11. The summed E-state index contributed by atoms with van der Waals surface area (Å²) in [6.45, 7) is 1.31. The van der Waals surface area contributed by atoms with E-state index in [4.69, 9.17) is 4.74 Å². The van der Waals surface area contributed by atoms with Crippen LogP contribution < -0.4 is 10.1 Å². The lowest BCUT2D eigenvalue weighted by molar-refractivity contribution is -0.128. The lowest BCUT2D eigenvalue weighted by Gasteiger charge is -2.16. The summed E-state index contributed by atoms with van der Waals surface area (Å²) in [5.74, 6) is 0.801. The van der Waals surface area contributed by atoms with Crippen molar-refractivity contribution in [3.05, 3.63) is 28.7 Å². The molecule has 2 rings (SSSR count). The van der Waals surface area contributed by atoms with Crippen LogP contribution in [-0.4, -0.2) is 54.8 Å². The lowest BCUT2D eigenvalue weighted by atomic mass is 10.2. The van der Waals surface area contributed by atoms with Crippen LogP contribution in [0.5, 0.6) is 5.75 Å². The van der Waals surface area contributed by atoms with Gasteiger partial charge in [0.15, 0.2) is 0 Å². The van der Waals surface area contributed by atoms with E-state index in [9.17, 15) is 9.90 Å². The van der Waals surface area contributed by atoms with Crippen LogP contribution in [-0.2, 0) is 4.79 Å². The number of likely N-dealkylation sites (tertiary alicyclic amines) is 1. The highest BCUT2D eigenvalue weighted by atomic mass is 79.9. The number of rotatable bonds is 6. The molecule has 110 valence electrons. The Morgan fingerprint density at radius 3 is 2.80 bits per heavy atom. The first-order valence-electron chi connectivity index (χ1n) is 6.61. The molecule has 1 aliphatic heterocycles. The molecule has 0 aliphatic carbocycles. The Morgan fingerprint density at radius 1 is 1.50 bits per heavy atom. The van der Waals surface area contributed by atoms with E-state index in [1.54, 1.807) is 11.9 Å². The molecule has 20 heavy (non-hydrogen) atoms.